The summed E-state index contributed by atoms with van der Waals surface area (Å²) in [6, 6.07) is 9.07. The monoisotopic (exact) mass is 450 g/mol. The standard InChI is InChI=1S/C22H21Cl2FN2O3/c1-26(2)10-3-11-27-19(14-6-9-16(23)17(24)12-14)18(21(29)22(27)30)20(28)13-4-7-15(25)8-5-13/h4-9,12,19,28H,3,10-11H2,1-2H3/b20-18-. The topological polar surface area (TPSA) is 60.9 Å². The van der Waals surface area contributed by atoms with Crippen LogP contribution in [0.25, 0.3) is 5.76 Å². The number of hydrogen-bond acceptors (Lipinski definition) is 4. The molecule has 0 aromatic heterocycles. The molecule has 5 nitrogen and oxygen atoms in total. The lowest BCUT2D eigenvalue weighted by molar-refractivity contribution is -0.139. The normalized spacial score (nSPS) is 18.5. The highest BCUT2D eigenvalue weighted by molar-refractivity contribution is 6.46. The summed E-state index contributed by atoms with van der Waals surface area (Å²) in [5.74, 6) is -2.33. The fourth-order valence-electron chi connectivity index (χ4n) is 3.46. The number of aliphatic hydroxyl groups excluding tert-OH is 1. The molecule has 0 radical (unpaired) electrons. The van der Waals surface area contributed by atoms with E-state index in [0.29, 0.717) is 23.6 Å². The van der Waals surface area contributed by atoms with Gasteiger partial charge in [-0.3, -0.25) is 9.59 Å². The maximum Gasteiger partial charge on any atom is 0.295 e. The van der Waals surface area contributed by atoms with Crippen molar-refractivity contribution in [2.45, 2.75) is 12.5 Å². The van der Waals surface area contributed by atoms with E-state index < -0.39 is 23.5 Å². The van der Waals surface area contributed by atoms with Gasteiger partial charge in [0.25, 0.3) is 11.7 Å². The number of carbonyl (C=O) groups is 2. The predicted octanol–water partition coefficient (Wildman–Crippen LogP) is 4.51. The summed E-state index contributed by atoms with van der Waals surface area (Å²) >= 11 is 12.2. The van der Waals surface area contributed by atoms with Gasteiger partial charge in [-0.15, -0.1) is 0 Å². The molecular weight excluding hydrogens is 430 g/mol. The largest absolute Gasteiger partial charge is 0.507 e. The molecule has 1 N–H and O–H groups in total. The van der Waals surface area contributed by atoms with Gasteiger partial charge in [-0.1, -0.05) is 29.3 Å². The molecule has 2 aromatic rings. The van der Waals surface area contributed by atoms with Crippen LogP contribution >= 0.6 is 23.2 Å². The number of hydrogen-bond donors (Lipinski definition) is 1. The van der Waals surface area contributed by atoms with E-state index >= 15 is 0 Å². The third kappa shape index (κ3) is 4.51. The van der Waals surface area contributed by atoms with Gasteiger partial charge in [0.1, 0.15) is 11.6 Å². The molecule has 0 aliphatic carbocycles. The highest BCUT2D eigenvalue weighted by Crippen LogP contribution is 2.41. The van der Waals surface area contributed by atoms with E-state index in [-0.39, 0.29) is 21.9 Å². The van der Waals surface area contributed by atoms with E-state index in [2.05, 4.69) is 0 Å². The molecule has 2 aromatic carbocycles. The van der Waals surface area contributed by atoms with Crippen molar-refractivity contribution in [1.29, 1.82) is 0 Å². The van der Waals surface area contributed by atoms with Gasteiger partial charge in [0.15, 0.2) is 0 Å². The average molecular weight is 451 g/mol. The second-order valence-corrected chi connectivity index (χ2v) is 8.14. The lowest BCUT2D eigenvalue weighted by atomic mass is 9.95. The van der Waals surface area contributed by atoms with Crippen molar-refractivity contribution in [3.05, 3.63) is 75.0 Å². The molecule has 158 valence electrons. The summed E-state index contributed by atoms with van der Waals surface area (Å²) in [4.78, 5) is 29.1. The van der Waals surface area contributed by atoms with Crippen LogP contribution in [-0.4, -0.2) is 53.8 Å². The zero-order valence-corrected chi connectivity index (χ0v) is 18.0. The Morgan fingerprint density at radius 1 is 1.10 bits per heavy atom. The van der Waals surface area contributed by atoms with E-state index in [1.807, 2.05) is 19.0 Å². The first-order valence-electron chi connectivity index (χ1n) is 9.34. The summed E-state index contributed by atoms with van der Waals surface area (Å²) in [5, 5.41) is 11.5. The summed E-state index contributed by atoms with van der Waals surface area (Å²) in [7, 11) is 3.83. The molecule has 1 fully saturated rings. The maximum atomic E-state index is 13.3. The predicted molar refractivity (Wildman–Crippen MR) is 115 cm³/mol. The Kier molecular flexibility index (Phi) is 6.81. The number of benzene rings is 2. The second kappa shape index (κ2) is 9.16. The third-order valence-corrected chi connectivity index (χ3v) is 5.66. The Morgan fingerprint density at radius 3 is 2.37 bits per heavy atom. The van der Waals surface area contributed by atoms with Crippen LogP contribution in [0.2, 0.25) is 10.0 Å². The van der Waals surface area contributed by atoms with Crippen molar-refractivity contribution in [3.63, 3.8) is 0 Å². The van der Waals surface area contributed by atoms with Gasteiger partial charge < -0.3 is 14.9 Å². The van der Waals surface area contributed by atoms with E-state index in [1.165, 1.54) is 29.2 Å². The number of carbonyl (C=O) groups excluding carboxylic acids is 2. The number of aliphatic hydroxyl groups is 1. The van der Waals surface area contributed by atoms with Crippen molar-refractivity contribution in [2.24, 2.45) is 0 Å². The Hall–Kier alpha value is -2.41. The Balaban J connectivity index is 2.11. The van der Waals surface area contributed by atoms with E-state index in [1.54, 1.807) is 18.2 Å². The Labute approximate surface area is 184 Å². The third-order valence-electron chi connectivity index (χ3n) is 4.92. The number of likely N-dealkylation sites (tertiary alicyclic amines) is 1. The van der Waals surface area contributed by atoms with E-state index in [9.17, 15) is 19.1 Å². The molecule has 3 rings (SSSR count). The smallest absolute Gasteiger partial charge is 0.295 e. The van der Waals surface area contributed by atoms with Crippen molar-refractivity contribution in [1.82, 2.24) is 9.80 Å². The van der Waals surface area contributed by atoms with Gasteiger partial charge in [0.05, 0.1) is 21.7 Å². The second-order valence-electron chi connectivity index (χ2n) is 7.33. The van der Waals surface area contributed by atoms with Crippen LogP contribution in [0.1, 0.15) is 23.6 Å². The molecule has 1 aliphatic rings. The fourth-order valence-corrected chi connectivity index (χ4v) is 3.77. The molecule has 0 spiro atoms. The average Bonchev–Trinajstić information content (AvgIpc) is 2.95. The van der Waals surface area contributed by atoms with Gasteiger partial charge in [-0.2, -0.15) is 0 Å². The molecule has 30 heavy (non-hydrogen) atoms. The molecule has 1 aliphatic heterocycles. The SMILES string of the molecule is CN(C)CCCN1C(=O)C(=O)/C(=C(\O)c2ccc(F)cc2)C1c1ccc(Cl)c(Cl)c1. The zero-order valence-electron chi connectivity index (χ0n) is 16.5. The van der Waals surface area contributed by atoms with Gasteiger partial charge in [-0.05, 0) is 69.0 Å². The number of amides is 1. The first kappa shape index (κ1) is 22.3. The summed E-state index contributed by atoms with van der Waals surface area (Å²) in [6.07, 6.45) is 0.633. The molecule has 8 heteroatoms. The quantitative estimate of drug-likeness (QED) is 0.399. The van der Waals surface area contributed by atoms with Crippen LogP contribution in [0, 0.1) is 5.82 Å². The van der Waals surface area contributed by atoms with Crippen molar-refractivity contribution >= 4 is 40.7 Å². The molecule has 0 saturated carbocycles. The number of Topliss-reactive ketones (excluding diaryl/α,β-unsaturated/α-hetero) is 1. The highest BCUT2D eigenvalue weighted by Gasteiger charge is 2.45. The van der Waals surface area contributed by atoms with Gasteiger partial charge >= 0.3 is 0 Å². The van der Waals surface area contributed by atoms with Crippen LogP contribution in [0.4, 0.5) is 4.39 Å². The molecule has 1 atom stereocenters. The Morgan fingerprint density at radius 2 is 1.77 bits per heavy atom. The minimum Gasteiger partial charge on any atom is -0.507 e. The lowest BCUT2D eigenvalue weighted by Gasteiger charge is -2.26. The molecule has 0 bridgehead atoms. The minimum absolute atomic E-state index is 0.0603. The van der Waals surface area contributed by atoms with E-state index in [4.69, 9.17) is 23.2 Å². The summed E-state index contributed by atoms with van der Waals surface area (Å²) in [5.41, 5.74) is 0.736. The number of ketones is 1. The van der Waals surface area contributed by atoms with Crippen molar-refractivity contribution in [2.75, 3.05) is 27.2 Å². The van der Waals surface area contributed by atoms with Gasteiger partial charge in [-0.25, -0.2) is 4.39 Å². The number of halogens is 3. The highest BCUT2D eigenvalue weighted by atomic mass is 35.5. The molecule has 1 saturated heterocycles. The Bertz CT molecular complexity index is 1010. The van der Waals surface area contributed by atoms with Crippen LogP contribution in [-0.2, 0) is 9.59 Å². The maximum absolute atomic E-state index is 13.3. The first-order chi connectivity index (χ1) is 14.2. The molecule has 1 heterocycles. The summed E-state index contributed by atoms with van der Waals surface area (Å²) < 4.78 is 13.3. The minimum atomic E-state index is -0.827. The number of nitrogens with zero attached hydrogens (tertiary/aromatic N) is 2. The number of rotatable bonds is 6. The van der Waals surface area contributed by atoms with Crippen LogP contribution in [0.5, 0.6) is 0 Å². The van der Waals surface area contributed by atoms with Gasteiger partial charge in [0.2, 0.25) is 0 Å². The van der Waals surface area contributed by atoms with Crippen LogP contribution in [0.15, 0.2) is 48.0 Å². The van der Waals surface area contributed by atoms with E-state index in [0.717, 1.165) is 6.54 Å². The summed E-state index contributed by atoms with van der Waals surface area (Å²) in [6.45, 7) is 1.03. The molecule has 1 unspecified atom stereocenters. The van der Waals surface area contributed by atoms with Crippen LogP contribution < -0.4 is 0 Å². The molecule has 1 amide bonds. The molecular formula is C22H21Cl2FN2O3. The van der Waals surface area contributed by atoms with Crippen LogP contribution in [0.3, 0.4) is 0 Å². The van der Waals surface area contributed by atoms with Gasteiger partial charge in [0, 0.05) is 12.1 Å². The van der Waals surface area contributed by atoms with Crippen molar-refractivity contribution < 1.29 is 19.1 Å². The zero-order chi connectivity index (χ0) is 22.0. The first-order valence-corrected chi connectivity index (χ1v) is 10.1. The lowest BCUT2D eigenvalue weighted by Crippen LogP contribution is -2.32. The fraction of sp³-hybridized carbons (Fsp3) is 0.273. The van der Waals surface area contributed by atoms with Crippen molar-refractivity contribution in [3.8, 4) is 0 Å².